The highest BCUT2D eigenvalue weighted by Crippen LogP contribution is 2.41. The van der Waals surface area contributed by atoms with E-state index in [1.807, 2.05) is 23.6 Å². The number of carboxylic acids is 1. The Kier molecular flexibility index (Phi) is 6.35. The number of anilines is 1. The first-order valence-corrected chi connectivity index (χ1v) is 12.2. The second kappa shape index (κ2) is 9.19. The molecular formula is C19H16N6O4S3. The van der Waals surface area contributed by atoms with Crippen molar-refractivity contribution >= 4 is 58.3 Å². The predicted octanol–water partition coefficient (Wildman–Crippen LogP) is 1.07. The van der Waals surface area contributed by atoms with Crippen molar-refractivity contribution in [2.75, 3.05) is 17.2 Å². The molecule has 0 bridgehead atoms. The van der Waals surface area contributed by atoms with Crippen molar-refractivity contribution in [1.29, 1.82) is 5.26 Å². The molecular weight excluding hydrogens is 472 g/mol. The van der Waals surface area contributed by atoms with Crippen molar-refractivity contribution in [3.05, 3.63) is 45.6 Å². The number of fused-ring (bicyclic) bond motifs is 1. The van der Waals surface area contributed by atoms with E-state index in [-0.39, 0.29) is 40.3 Å². The van der Waals surface area contributed by atoms with Gasteiger partial charge in [-0.3, -0.25) is 14.5 Å². The third-order valence-electron chi connectivity index (χ3n) is 4.76. The van der Waals surface area contributed by atoms with E-state index in [4.69, 9.17) is 11.0 Å². The van der Waals surface area contributed by atoms with E-state index in [1.165, 1.54) is 34.2 Å². The molecule has 1 saturated heterocycles. The van der Waals surface area contributed by atoms with Gasteiger partial charge in [0.15, 0.2) is 10.9 Å². The van der Waals surface area contributed by atoms with Gasteiger partial charge in [-0.2, -0.15) is 5.26 Å². The van der Waals surface area contributed by atoms with Gasteiger partial charge in [-0.05, 0) is 17.0 Å². The Bertz CT molecular complexity index is 1160. The number of nitriles is 1. The number of thiophene rings is 1. The Morgan fingerprint density at radius 1 is 1.47 bits per heavy atom. The molecule has 1 fully saturated rings. The summed E-state index contributed by atoms with van der Waals surface area (Å²) in [6.07, 6.45) is 1.50. The number of aromatic nitrogens is 2. The fourth-order valence-corrected chi connectivity index (χ4v) is 6.28. The molecule has 0 aromatic carbocycles. The number of carbonyl (C=O) groups excluding carboxylic acids is 2. The molecule has 2 aromatic rings. The highest BCUT2D eigenvalue weighted by atomic mass is 32.2. The summed E-state index contributed by atoms with van der Waals surface area (Å²) in [5.41, 5.74) is 6.30. The van der Waals surface area contributed by atoms with Crippen molar-refractivity contribution in [3.8, 4) is 6.07 Å². The van der Waals surface area contributed by atoms with Crippen molar-refractivity contribution < 1.29 is 19.5 Å². The van der Waals surface area contributed by atoms with Crippen molar-refractivity contribution in [2.45, 2.75) is 23.0 Å². The van der Waals surface area contributed by atoms with E-state index in [0.717, 1.165) is 16.6 Å². The maximum Gasteiger partial charge on any atom is 0.352 e. The summed E-state index contributed by atoms with van der Waals surface area (Å²) >= 11 is 4.01. The standard InChI is InChI=1S/C19H16N6O4S3/c20-5-12-11(21)6-22-19(23-12)32-8-9-7-31-17-14(16(27)25(17)15(9)18(28)29)24-13(26)4-10-2-1-3-30-10/h1-3,6,14,17H,4,7-8,21H2,(H,24,26)(H,28,29)/t14?,17-/m1/s1. The summed E-state index contributed by atoms with van der Waals surface area (Å²) in [5, 5.41) is 23.2. The molecule has 2 aliphatic heterocycles. The summed E-state index contributed by atoms with van der Waals surface area (Å²) in [7, 11) is 0. The molecule has 10 nitrogen and oxygen atoms in total. The SMILES string of the molecule is N#Cc1nc(SCC2=C(C(=O)O)N3C(=O)C(NC(=O)Cc4cccs4)[C@H]3SC2)ncc1N. The molecule has 2 aromatic heterocycles. The van der Waals surface area contributed by atoms with Crippen LogP contribution in [0.3, 0.4) is 0 Å². The van der Waals surface area contributed by atoms with Crippen LogP contribution in [-0.2, 0) is 20.8 Å². The average Bonchev–Trinajstić information content (AvgIpc) is 3.29. The van der Waals surface area contributed by atoms with Gasteiger partial charge in [0.25, 0.3) is 5.91 Å². The minimum Gasteiger partial charge on any atom is -0.477 e. The number of hydrogen-bond acceptors (Lipinski definition) is 10. The molecule has 0 aliphatic carbocycles. The zero-order chi connectivity index (χ0) is 22.8. The zero-order valence-electron chi connectivity index (χ0n) is 16.3. The first-order valence-electron chi connectivity index (χ1n) is 9.26. The third-order valence-corrected chi connectivity index (χ3v) is 7.92. The van der Waals surface area contributed by atoms with Crippen LogP contribution in [-0.4, -0.2) is 60.7 Å². The van der Waals surface area contributed by atoms with Crippen molar-refractivity contribution in [1.82, 2.24) is 20.2 Å². The molecule has 0 spiro atoms. The van der Waals surface area contributed by atoms with Crippen LogP contribution in [0.5, 0.6) is 0 Å². The number of hydrogen-bond donors (Lipinski definition) is 3. The highest BCUT2D eigenvalue weighted by Gasteiger charge is 2.54. The maximum absolute atomic E-state index is 12.7. The van der Waals surface area contributed by atoms with E-state index in [2.05, 4.69) is 15.3 Å². The summed E-state index contributed by atoms with van der Waals surface area (Å²) in [6, 6.07) is 4.81. The maximum atomic E-state index is 12.7. The molecule has 13 heteroatoms. The smallest absolute Gasteiger partial charge is 0.352 e. The number of nitrogens with zero attached hydrogens (tertiary/aromatic N) is 4. The molecule has 1 unspecified atom stereocenters. The third kappa shape index (κ3) is 4.29. The lowest BCUT2D eigenvalue weighted by Gasteiger charge is -2.49. The molecule has 32 heavy (non-hydrogen) atoms. The van der Waals surface area contributed by atoms with Gasteiger partial charge in [0.2, 0.25) is 5.91 Å². The molecule has 4 rings (SSSR count). The number of rotatable bonds is 7. The van der Waals surface area contributed by atoms with Gasteiger partial charge in [0.05, 0.1) is 18.3 Å². The predicted molar refractivity (Wildman–Crippen MR) is 120 cm³/mol. The fourth-order valence-electron chi connectivity index (χ4n) is 3.28. The van der Waals surface area contributed by atoms with E-state index < -0.39 is 23.3 Å². The number of nitrogens with one attached hydrogen (secondary N) is 1. The monoisotopic (exact) mass is 488 g/mol. The second-order valence-electron chi connectivity index (χ2n) is 6.83. The minimum atomic E-state index is -1.21. The summed E-state index contributed by atoms with van der Waals surface area (Å²) in [5.74, 6) is -1.33. The van der Waals surface area contributed by atoms with Gasteiger partial charge < -0.3 is 16.2 Å². The molecule has 4 N–H and O–H groups in total. The number of carbonyl (C=O) groups is 3. The number of β-lactam (4-membered cyclic amide) rings is 1. The minimum absolute atomic E-state index is 0.0482. The number of aliphatic carboxylic acids is 1. The Hall–Kier alpha value is -3.08. The first kappa shape index (κ1) is 22.1. The van der Waals surface area contributed by atoms with Gasteiger partial charge in [0, 0.05) is 16.4 Å². The number of carboxylic acid groups (broad SMARTS) is 1. The zero-order valence-corrected chi connectivity index (χ0v) is 18.8. The van der Waals surface area contributed by atoms with Crippen LogP contribution >= 0.6 is 34.9 Å². The Morgan fingerprint density at radius 2 is 2.28 bits per heavy atom. The van der Waals surface area contributed by atoms with Crippen LogP contribution in [0.1, 0.15) is 10.6 Å². The summed E-state index contributed by atoms with van der Waals surface area (Å²) < 4.78 is 0. The lowest BCUT2D eigenvalue weighted by Crippen LogP contribution is -2.70. The summed E-state index contributed by atoms with van der Waals surface area (Å²) in [6.45, 7) is 0. The van der Waals surface area contributed by atoms with Crippen molar-refractivity contribution in [2.24, 2.45) is 0 Å². The molecule has 2 atom stereocenters. The molecule has 0 saturated carbocycles. The fraction of sp³-hybridized carbons (Fsp3) is 0.263. The van der Waals surface area contributed by atoms with Gasteiger partial charge in [-0.15, -0.1) is 23.1 Å². The Morgan fingerprint density at radius 3 is 2.97 bits per heavy atom. The molecule has 4 heterocycles. The van der Waals surface area contributed by atoms with Crippen LogP contribution < -0.4 is 11.1 Å². The number of nitrogens with two attached hydrogens (primary N) is 1. The lowest BCUT2D eigenvalue weighted by atomic mass is 10.0. The molecule has 2 amide bonds. The van der Waals surface area contributed by atoms with Crippen LogP contribution in [0.2, 0.25) is 0 Å². The van der Waals surface area contributed by atoms with E-state index in [0.29, 0.717) is 11.3 Å². The molecule has 2 aliphatic rings. The quantitative estimate of drug-likeness (QED) is 0.292. The second-order valence-corrected chi connectivity index (χ2v) is 9.91. The number of amides is 2. The van der Waals surface area contributed by atoms with E-state index in [1.54, 1.807) is 0 Å². The summed E-state index contributed by atoms with van der Waals surface area (Å²) in [4.78, 5) is 47.2. The largest absolute Gasteiger partial charge is 0.477 e. The lowest BCUT2D eigenvalue weighted by molar-refractivity contribution is -0.150. The Labute approximate surface area is 194 Å². The van der Waals surface area contributed by atoms with E-state index in [9.17, 15) is 19.5 Å². The number of nitrogen functional groups attached to an aromatic ring is 1. The van der Waals surface area contributed by atoms with Crippen molar-refractivity contribution in [3.63, 3.8) is 0 Å². The normalized spacial score (nSPS) is 19.7. The number of thioether (sulfide) groups is 2. The highest BCUT2D eigenvalue weighted by molar-refractivity contribution is 8.01. The van der Waals surface area contributed by atoms with Crippen LogP contribution in [0.4, 0.5) is 5.69 Å². The first-order chi connectivity index (χ1) is 15.4. The van der Waals surface area contributed by atoms with Crippen LogP contribution in [0.25, 0.3) is 0 Å². The Balaban J connectivity index is 1.45. The molecule has 0 radical (unpaired) electrons. The van der Waals surface area contributed by atoms with Crippen LogP contribution in [0, 0.1) is 11.3 Å². The van der Waals surface area contributed by atoms with E-state index >= 15 is 0 Å². The topological polar surface area (TPSA) is 162 Å². The molecule has 164 valence electrons. The van der Waals surface area contributed by atoms with Gasteiger partial charge >= 0.3 is 5.97 Å². The van der Waals surface area contributed by atoms with Gasteiger partial charge in [0.1, 0.15) is 23.2 Å². The van der Waals surface area contributed by atoms with Crippen LogP contribution in [0.15, 0.2) is 40.1 Å². The van der Waals surface area contributed by atoms with Gasteiger partial charge in [-0.1, -0.05) is 17.8 Å². The van der Waals surface area contributed by atoms with Gasteiger partial charge in [-0.25, -0.2) is 14.8 Å². The average molecular weight is 489 g/mol.